The fraction of sp³-hybridized carbons (Fsp3) is 0.421. The number of likely N-dealkylation sites (N-methyl/N-ethyl adjacent to an activating group) is 1. The summed E-state index contributed by atoms with van der Waals surface area (Å²) in [6, 6.07) is 5.87. The van der Waals surface area contributed by atoms with E-state index in [9.17, 15) is 4.79 Å². The molecule has 0 spiro atoms. The average molecular weight is 405 g/mol. The molecule has 150 valence electrons. The van der Waals surface area contributed by atoms with Gasteiger partial charge in [-0.3, -0.25) is 4.79 Å². The van der Waals surface area contributed by atoms with Crippen LogP contribution < -0.4 is 20.7 Å². The molecule has 3 N–H and O–H groups in total. The third-order valence-electron chi connectivity index (χ3n) is 4.79. The Labute approximate surface area is 169 Å². The Hall–Kier alpha value is -2.58. The second-order valence-corrected chi connectivity index (χ2v) is 7.03. The molecule has 0 atom stereocenters. The fourth-order valence-corrected chi connectivity index (χ4v) is 3.38. The number of hydrogen-bond donors (Lipinski definition) is 2. The lowest BCUT2D eigenvalue weighted by Crippen LogP contribution is -2.44. The second kappa shape index (κ2) is 8.62. The van der Waals surface area contributed by atoms with Gasteiger partial charge >= 0.3 is 0 Å². The van der Waals surface area contributed by atoms with Gasteiger partial charge in [0.25, 0.3) is 5.91 Å². The van der Waals surface area contributed by atoms with E-state index >= 15 is 0 Å². The Morgan fingerprint density at radius 1 is 1.29 bits per heavy atom. The molecule has 0 bridgehead atoms. The molecule has 28 heavy (non-hydrogen) atoms. The number of ether oxygens (including phenoxy) is 1. The molecule has 1 amide bonds. The molecule has 0 aliphatic carbocycles. The number of carbonyl (C=O) groups is 1. The van der Waals surface area contributed by atoms with Crippen molar-refractivity contribution in [3.63, 3.8) is 0 Å². The predicted molar refractivity (Wildman–Crippen MR) is 111 cm³/mol. The number of nitrogens with one attached hydrogen (secondary N) is 1. The van der Waals surface area contributed by atoms with Crippen LogP contribution in [-0.2, 0) is 6.42 Å². The highest BCUT2D eigenvalue weighted by Crippen LogP contribution is 2.33. The molecule has 1 aliphatic heterocycles. The number of anilines is 3. The Morgan fingerprint density at radius 3 is 2.61 bits per heavy atom. The van der Waals surface area contributed by atoms with Gasteiger partial charge in [0.05, 0.1) is 18.5 Å². The Bertz CT molecular complexity index is 868. The highest BCUT2D eigenvalue weighted by Gasteiger charge is 2.19. The number of aromatic nitrogens is 2. The van der Waals surface area contributed by atoms with E-state index in [2.05, 4.69) is 32.1 Å². The van der Waals surface area contributed by atoms with Crippen molar-refractivity contribution >= 4 is 34.7 Å². The van der Waals surface area contributed by atoms with Gasteiger partial charge in [-0.05, 0) is 31.7 Å². The molecule has 1 aliphatic rings. The molecule has 1 fully saturated rings. The maximum Gasteiger partial charge on any atom is 0.271 e. The van der Waals surface area contributed by atoms with Gasteiger partial charge in [0.1, 0.15) is 5.75 Å². The number of aryl methyl sites for hydroxylation is 1. The zero-order chi connectivity index (χ0) is 20.3. The number of primary amides is 1. The lowest BCUT2D eigenvalue weighted by atomic mass is 10.2. The fourth-order valence-electron chi connectivity index (χ4n) is 3.12. The van der Waals surface area contributed by atoms with Gasteiger partial charge in [-0.25, -0.2) is 9.97 Å². The number of carbonyl (C=O) groups excluding carboxylic acids is 1. The van der Waals surface area contributed by atoms with Gasteiger partial charge in [0, 0.05) is 31.9 Å². The van der Waals surface area contributed by atoms with Crippen molar-refractivity contribution in [2.75, 3.05) is 50.6 Å². The van der Waals surface area contributed by atoms with E-state index in [0.717, 1.165) is 31.9 Å². The minimum absolute atomic E-state index is 0.0494. The molecule has 8 nitrogen and oxygen atoms in total. The first-order chi connectivity index (χ1) is 13.4. The van der Waals surface area contributed by atoms with Crippen LogP contribution in [0.15, 0.2) is 18.2 Å². The van der Waals surface area contributed by atoms with Gasteiger partial charge in [-0.2, -0.15) is 0 Å². The number of piperazine rings is 1. The van der Waals surface area contributed by atoms with Crippen LogP contribution >= 0.6 is 11.6 Å². The van der Waals surface area contributed by atoms with Crippen molar-refractivity contribution < 1.29 is 9.53 Å². The van der Waals surface area contributed by atoms with Gasteiger partial charge < -0.3 is 25.6 Å². The molecular formula is C19H25ClN6O2. The standard InChI is InChI=1S/C19H25ClN6O2/c1-4-13-17(20)24-19(16(22-13)18(21)27)23-14-11-12(5-6-15(14)28-3)26-9-7-25(2)8-10-26/h5-6,11H,4,7-10H2,1-3H3,(H2,21,27)(H,23,24). The van der Waals surface area contributed by atoms with Crippen LogP contribution in [0.2, 0.25) is 5.15 Å². The smallest absolute Gasteiger partial charge is 0.271 e. The van der Waals surface area contributed by atoms with Crippen LogP contribution in [0.25, 0.3) is 0 Å². The summed E-state index contributed by atoms with van der Waals surface area (Å²) in [4.78, 5) is 25.1. The van der Waals surface area contributed by atoms with Gasteiger partial charge in [0.2, 0.25) is 0 Å². The minimum Gasteiger partial charge on any atom is -0.495 e. The lowest BCUT2D eigenvalue weighted by molar-refractivity contribution is 0.0996. The average Bonchev–Trinajstić information content (AvgIpc) is 2.68. The topological polar surface area (TPSA) is 96.6 Å². The molecular weight excluding hydrogens is 380 g/mol. The second-order valence-electron chi connectivity index (χ2n) is 6.68. The molecule has 1 aromatic heterocycles. The first-order valence-corrected chi connectivity index (χ1v) is 9.55. The molecule has 2 aromatic rings. The molecule has 0 unspecified atom stereocenters. The first kappa shape index (κ1) is 20.2. The third kappa shape index (κ3) is 4.28. The summed E-state index contributed by atoms with van der Waals surface area (Å²) in [6.45, 7) is 5.76. The largest absolute Gasteiger partial charge is 0.495 e. The zero-order valence-corrected chi connectivity index (χ0v) is 17.1. The Morgan fingerprint density at radius 2 is 2.00 bits per heavy atom. The summed E-state index contributed by atoms with van der Waals surface area (Å²) in [5.41, 5.74) is 7.80. The third-order valence-corrected chi connectivity index (χ3v) is 5.09. The number of halogens is 1. The van der Waals surface area contributed by atoms with E-state index in [1.807, 2.05) is 25.1 Å². The predicted octanol–water partition coefficient (Wildman–Crippen LogP) is 2.30. The molecule has 9 heteroatoms. The van der Waals surface area contributed by atoms with Gasteiger partial charge in [-0.1, -0.05) is 18.5 Å². The number of rotatable bonds is 6. The molecule has 0 saturated carbocycles. The van der Waals surface area contributed by atoms with Crippen molar-refractivity contribution in [1.29, 1.82) is 0 Å². The van der Waals surface area contributed by atoms with Crippen LogP contribution in [0, 0.1) is 0 Å². The van der Waals surface area contributed by atoms with E-state index in [1.165, 1.54) is 0 Å². The van der Waals surface area contributed by atoms with Crippen molar-refractivity contribution in [3.8, 4) is 5.75 Å². The van der Waals surface area contributed by atoms with E-state index in [1.54, 1.807) is 7.11 Å². The first-order valence-electron chi connectivity index (χ1n) is 9.17. The summed E-state index contributed by atoms with van der Waals surface area (Å²) >= 11 is 6.20. The van der Waals surface area contributed by atoms with Crippen molar-refractivity contribution in [2.24, 2.45) is 5.73 Å². The van der Waals surface area contributed by atoms with E-state index in [0.29, 0.717) is 23.6 Å². The number of methoxy groups -OCH3 is 1. The molecule has 2 heterocycles. The van der Waals surface area contributed by atoms with Gasteiger partial charge in [-0.15, -0.1) is 0 Å². The van der Waals surface area contributed by atoms with Crippen LogP contribution in [0.4, 0.5) is 17.2 Å². The number of nitrogens with two attached hydrogens (primary N) is 1. The van der Waals surface area contributed by atoms with Gasteiger partial charge in [0.15, 0.2) is 16.7 Å². The van der Waals surface area contributed by atoms with E-state index in [-0.39, 0.29) is 16.7 Å². The number of benzene rings is 1. The highest BCUT2D eigenvalue weighted by molar-refractivity contribution is 6.30. The number of nitrogens with zero attached hydrogens (tertiary/aromatic N) is 4. The minimum atomic E-state index is -0.671. The quantitative estimate of drug-likeness (QED) is 0.762. The lowest BCUT2D eigenvalue weighted by Gasteiger charge is -2.34. The molecule has 3 rings (SSSR count). The summed E-state index contributed by atoms with van der Waals surface area (Å²) in [5.74, 6) is 0.157. The normalized spacial score (nSPS) is 14.8. The summed E-state index contributed by atoms with van der Waals surface area (Å²) < 4.78 is 5.47. The molecule has 0 radical (unpaired) electrons. The van der Waals surface area contributed by atoms with Crippen LogP contribution in [0.1, 0.15) is 23.1 Å². The zero-order valence-electron chi connectivity index (χ0n) is 16.3. The summed E-state index contributed by atoms with van der Waals surface area (Å²) in [5, 5.41) is 3.37. The van der Waals surface area contributed by atoms with Crippen LogP contribution in [0.3, 0.4) is 0 Å². The Balaban J connectivity index is 1.96. The van der Waals surface area contributed by atoms with Crippen molar-refractivity contribution in [2.45, 2.75) is 13.3 Å². The van der Waals surface area contributed by atoms with E-state index in [4.69, 9.17) is 22.1 Å². The monoisotopic (exact) mass is 404 g/mol. The van der Waals surface area contributed by atoms with E-state index < -0.39 is 5.91 Å². The van der Waals surface area contributed by atoms with Crippen LogP contribution in [0.5, 0.6) is 5.75 Å². The maximum absolute atomic E-state index is 11.9. The molecule has 1 aromatic carbocycles. The highest BCUT2D eigenvalue weighted by atomic mass is 35.5. The summed E-state index contributed by atoms with van der Waals surface area (Å²) in [6.07, 6.45) is 0.550. The van der Waals surface area contributed by atoms with Crippen molar-refractivity contribution in [1.82, 2.24) is 14.9 Å². The maximum atomic E-state index is 11.9. The van der Waals surface area contributed by atoms with Crippen molar-refractivity contribution in [3.05, 3.63) is 34.7 Å². The van der Waals surface area contributed by atoms with Crippen LogP contribution in [-0.4, -0.2) is 61.1 Å². The summed E-state index contributed by atoms with van der Waals surface area (Å²) in [7, 11) is 3.70. The molecule has 1 saturated heterocycles. The SMILES string of the molecule is CCc1nc(C(N)=O)c(Nc2cc(N3CCN(C)CC3)ccc2OC)nc1Cl. The Kier molecular flexibility index (Phi) is 6.21. The number of hydrogen-bond acceptors (Lipinski definition) is 7. The number of amides is 1.